The third kappa shape index (κ3) is 3.36. The van der Waals surface area contributed by atoms with Gasteiger partial charge in [0.25, 0.3) is 0 Å². The van der Waals surface area contributed by atoms with E-state index in [4.69, 9.17) is 4.74 Å². The topological polar surface area (TPSA) is 46.6 Å². The van der Waals surface area contributed by atoms with E-state index in [1.165, 1.54) is 5.56 Å². The fourth-order valence-corrected chi connectivity index (χ4v) is 4.58. The number of benzene rings is 1. The van der Waals surface area contributed by atoms with Gasteiger partial charge in [-0.25, -0.2) is 8.42 Å². The molecule has 1 aromatic rings. The monoisotopic (exact) mass is 325 g/mol. The summed E-state index contributed by atoms with van der Waals surface area (Å²) in [5.74, 6) is 0. The van der Waals surface area contributed by atoms with Crippen molar-refractivity contribution < 1.29 is 13.2 Å². The Morgan fingerprint density at radius 1 is 1.27 bits per heavy atom. The van der Waals surface area contributed by atoms with Crippen LogP contribution in [0.1, 0.15) is 45.6 Å². The molecule has 1 fully saturated rings. The number of nitrogens with zero attached hydrogens (tertiary/aromatic N) is 1. The number of hydrogen-bond acceptors (Lipinski definition) is 3. The second kappa shape index (κ2) is 6.69. The van der Waals surface area contributed by atoms with E-state index >= 15 is 0 Å². The van der Waals surface area contributed by atoms with Crippen molar-refractivity contribution in [2.75, 3.05) is 20.3 Å². The maximum atomic E-state index is 12.8. The number of methoxy groups -OCH3 is 1. The summed E-state index contributed by atoms with van der Waals surface area (Å²) in [4.78, 5) is 0.381. The lowest BCUT2D eigenvalue weighted by Gasteiger charge is -2.25. The van der Waals surface area contributed by atoms with Gasteiger partial charge in [0.2, 0.25) is 10.0 Å². The Morgan fingerprint density at radius 2 is 1.91 bits per heavy atom. The predicted molar refractivity (Wildman–Crippen MR) is 88.5 cm³/mol. The number of sulfonamides is 1. The van der Waals surface area contributed by atoms with Crippen molar-refractivity contribution in [1.82, 2.24) is 4.31 Å². The zero-order valence-corrected chi connectivity index (χ0v) is 14.8. The van der Waals surface area contributed by atoms with Gasteiger partial charge >= 0.3 is 0 Å². The van der Waals surface area contributed by atoms with E-state index in [0.29, 0.717) is 18.0 Å². The molecule has 4 nitrogen and oxygen atoms in total. The third-order valence-corrected chi connectivity index (χ3v) is 6.77. The maximum Gasteiger partial charge on any atom is 0.243 e. The highest BCUT2D eigenvalue weighted by Crippen LogP contribution is 2.30. The van der Waals surface area contributed by atoms with Crippen molar-refractivity contribution in [3.63, 3.8) is 0 Å². The normalized spacial score (nSPS) is 20.5. The van der Waals surface area contributed by atoms with Crippen LogP contribution in [0.2, 0.25) is 0 Å². The average molecular weight is 325 g/mol. The summed E-state index contributed by atoms with van der Waals surface area (Å²) in [6, 6.07) is 7.33. The lowest BCUT2D eigenvalue weighted by molar-refractivity contribution is 0.149. The standard InChI is InChI=1S/C17H27NO3S/c1-5-17(2,3)14-8-10-16(11-9-14)22(19,20)18-12-6-7-15(18)13-21-4/h8-11,15H,5-7,12-13H2,1-4H3/t15-/m0/s1. The SMILES string of the molecule is CCC(C)(C)c1ccc(S(=O)(=O)N2CCC[C@H]2COC)cc1. The molecule has 1 saturated heterocycles. The van der Waals surface area contributed by atoms with Gasteiger partial charge in [-0.2, -0.15) is 4.31 Å². The first kappa shape index (κ1) is 17.4. The lowest BCUT2D eigenvalue weighted by Crippen LogP contribution is -2.38. The fourth-order valence-electron chi connectivity index (χ4n) is 2.90. The molecule has 2 rings (SSSR count). The van der Waals surface area contributed by atoms with E-state index in [2.05, 4.69) is 20.8 Å². The molecule has 0 radical (unpaired) electrons. The van der Waals surface area contributed by atoms with Crippen molar-refractivity contribution in [2.24, 2.45) is 0 Å². The molecule has 0 saturated carbocycles. The summed E-state index contributed by atoms with van der Waals surface area (Å²) in [5.41, 5.74) is 1.23. The first-order chi connectivity index (χ1) is 10.3. The van der Waals surface area contributed by atoms with Gasteiger partial charge in [0.05, 0.1) is 11.5 Å². The number of ether oxygens (including phenoxy) is 1. The van der Waals surface area contributed by atoms with Crippen LogP contribution in [0.4, 0.5) is 0 Å². The second-order valence-corrected chi connectivity index (χ2v) is 8.52. The maximum absolute atomic E-state index is 12.8. The highest BCUT2D eigenvalue weighted by atomic mass is 32.2. The summed E-state index contributed by atoms with van der Waals surface area (Å²) in [7, 11) is -1.81. The summed E-state index contributed by atoms with van der Waals surface area (Å²) in [6.45, 7) is 7.53. The molecule has 0 bridgehead atoms. The van der Waals surface area contributed by atoms with Crippen LogP contribution >= 0.6 is 0 Å². The van der Waals surface area contributed by atoms with Gasteiger partial charge in [0, 0.05) is 19.7 Å². The molecule has 0 aromatic heterocycles. The van der Waals surface area contributed by atoms with E-state index in [1.807, 2.05) is 12.1 Å². The summed E-state index contributed by atoms with van der Waals surface area (Å²) in [6.07, 6.45) is 2.78. The molecule has 0 spiro atoms. The molecule has 1 heterocycles. The minimum atomic E-state index is -3.43. The van der Waals surface area contributed by atoms with Gasteiger partial charge < -0.3 is 4.74 Å². The molecule has 0 N–H and O–H groups in total. The van der Waals surface area contributed by atoms with E-state index in [-0.39, 0.29) is 11.5 Å². The largest absolute Gasteiger partial charge is 0.383 e. The molecule has 1 atom stereocenters. The van der Waals surface area contributed by atoms with Gasteiger partial charge in [-0.05, 0) is 42.4 Å². The van der Waals surface area contributed by atoms with E-state index in [9.17, 15) is 8.42 Å². The van der Waals surface area contributed by atoms with Crippen molar-refractivity contribution >= 4 is 10.0 Å². The molecule has 1 aliphatic rings. The Labute approximate surface area is 134 Å². The van der Waals surface area contributed by atoms with Gasteiger partial charge in [0.15, 0.2) is 0 Å². The Morgan fingerprint density at radius 3 is 2.45 bits per heavy atom. The predicted octanol–water partition coefficient (Wildman–Crippen LogP) is 3.17. The lowest BCUT2D eigenvalue weighted by atomic mass is 9.82. The summed E-state index contributed by atoms with van der Waals surface area (Å²) in [5, 5.41) is 0. The minimum Gasteiger partial charge on any atom is -0.383 e. The Hall–Kier alpha value is -0.910. The van der Waals surface area contributed by atoms with Crippen LogP contribution in [0.25, 0.3) is 0 Å². The van der Waals surface area contributed by atoms with Crippen LogP contribution in [-0.4, -0.2) is 39.0 Å². The van der Waals surface area contributed by atoms with E-state index < -0.39 is 10.0 Å². The van der Waals surface area contributed by atoms with Gasteiger partial charge in [-0.1, -0.05) is 32.9 Å². The first-order valence-corrected chi connectivity index (χ1v) is 9.38. The van der Waals surface area contributed by atoms with Crippen LogP contribution in [0.15, 0.2) is 29.2 Å². The van der Waals surface area contributed by atoms with Crippen molar-refractivity contribution in [3.8, 4) is 0 Å². The Balaban J connectivity index is 2.27. The molecule has 124 valence electrons. The van der Waals surface area contributed by atoms with Crippen LogP contribution in [-0.2, 0) is 20.2 Å². The summed E-state index contributed by atoms with van der Waals surface area (Å²) < 4.78 is 32.4. The minimum absolute atomic E-state index is 0.0400. The molecule has 1 aromatic carbocycles. The highest BCUT2D eigenvalue weighted by Gasteiger charge is 2.35. The quantitative estimate of drug-likeness (QED) is 0.807. The molecule has 5 heteroatoms. The molecule has 22 heavy (non-hydrogen) atoms. The van der Waals surface area contributed by atoms with Crippen LogP contribution in [0.5, 0.6) is 0 Å². The second-order valence-electron chi connectivity index (χ2n) is 6.63. The number of hydrogen-bond donors (Lipinski definition) is 0. The fraction of sp³-hybridized carbons (Fsp3) is 0.647. The first-order valence-electron chi connectivity index (χ1n) is 7.94. The van der Waals surface area contributed by atoms with E-state index in [1.54, 1.807) is 23.5 Å². The zero-order chi connectivity index (χ0) is 16.4. The molecular weight excluding hydrogens is 298 g/mol. The molecule has 1 aliphatic heterocycles. The molecule has 0 aliphatic carbocycles. The van der Waals surface area contributed by atoms with Crippen LogP contribution in [0, 0.1) is 0 Å². The van der Waals surface area contributed by atoms with E-state index in [0.717, 1.165) is 19.3 Å². The highest BCUT2D eigenvalue weighted by molar-refractivity contribution is 7.89. The third-order valence-electron chi connectivity index (χ3n) is 4.81. The summed E-state index contributed by atoms with van der Waals surface area (Å²) >= 11 is 0. The number of rotatable bonds is 6. The smallest absolute Gasteiger partial charge is 0.243 e. The van der Waals surface area contributed by atoms with Crippen LogP contribution in [0.3, 0.4) is 0 Å². The molecular formula is C17H27NO3S. The van der Waals surface area contributed by atoms with Crippen LogP contribution < -0.4 is 0 Å². The van der Waals surface area contributed by atoms with Crippen molar-refractivity contribution in [3.05, 3.63) is 29.8 Å². The van der Waals surface area contributed by atoms with Gasteiger partial charge in [-0.3, -0.25) is 0 Å². The van der Waals surface area contributed by atoms with Gasteiger partial charge in [-0.15, -0.1) is 0 Å². The zero-order valence-electron chi connectivity index (χ0n) is 14.0. The molecule has 0 unspecified atom stereocenters. The molecule has 0 amide bonds. The average Bonchev–Trinajstić information content (AvgIpc) is 2.97. The van der Waals surface area contributed by atoms with Gasteiger partial charge in [0.1, 0.15) is 0 Å². The van der Waals surface area contributed by atoms with Crippen molar-refractivity contribution in [1.29, 1.82) is 0 Å². The Bertz CT molecular complexity index is 593. The van der Waals surface area contributed by atoms with Crippen molar-refractivity contribution in [2.45, 2.75) is 56.4 Å². The Kier molecular flexibility index (Phi) is 5.30.